The average molecular weight is 520 g/mol. The van der Waals surface area contributed by atoms with Gasteiger partial charge in [0.1, 0.15) is 11.3 Å². The van der Waals surface area contributed by atoms with E-state index in [-0.39, 0.29) is 30.3 Å². The van der Waals surface area contributed by atoms with E-state index in [2.05, 4.69) is 17.1 Å². The van der Waals surface area contributed by atoms with E-state index in [0.717, 1.165) is 23.1 Å². The third-order valence-corrected chi connectivity index (χ3v) is 7.06. The van der Waals surface area contributed by atoms with Crippen molar-refractivity contribution in [2.45, 2.75) is 52.2 Å². The van der Waals surface area contributed by atoms with E-state index in [1.807, 2.05) is 32.3 Å². The molecular formula is C28H33N5O5. The molecule has 0 aliphatic carbocycles. The molecule has 1 amide bonds. The van der Waals surface area contributed by atoms with Crippen LogP contribution in [0.3, 0.4) is 0 Å². The highest BCUT2D eigenvalue weighted by molar-refractivity contribution is 6.17. The van der Waals surface area contributed by atoms with Crippen molar-refractivity contribution >= 4 is 28.5 Å². The van der Waals surface area contributed by atoms with E-state index in [1.165, 1.54) is 6.20 Å². The molecule has 4 aromatic rings. The molecule has 200 valence electrons. The van der Waals surface area contributed by atoms with Gasteiger partial charge in [0.2, 0.25) is 5.78 Å². The summed E-state index contributed by atoms with van der Waals surface area (Å²) in [6.07, 6.45) is 8.43. The normalized spacial score (nSPS) is 17.6. The van der Waals surface area contributed by atoms with Gasteiger partial charge in [0.15, 0.2) is 5.76 Å². The van der Waals surface area contributed by atoms with E-state index >= 15 is 0 Å². The minimum Gasteiger partial charge on any atom is -0.450 e. The van der Waals surface area contributed by atoms with Gasteiger partial charge in [0.05, 0.1) is 30.7 Å². The quantitative estimate of drug-likeness (QED) is 0.316. The highest BCUT2D eigenvalue weighted by Crippen LogP contribution is 2.41. The number of hydrogen-bond acceptors (Lipinski definition) is 7. The van der Waals surface area contributed by atoms with Gasteiger partial charge in [0.25, 0.3) is 0 Å². The third kappa shape index (κ3) is 4.71. The van der Waals surface area contributed by atoms with Gasteiger partial charge in [-0.1, -0.05) is 6.92 Å². The molecule has 0 radical (unpaired) electrons. The summed E-state index contributed by atoms with van der Waals surface area (Å²) in [4.78, 5) is 29.0. The second kappa shape index (κ2) is 10.4. The van der Waals surface area contributed by atoms with Crippen LogP contribution in [0.15, 0.2) is 41.3 Å². The lowest BCUT2D eigenvalue weighted by atomic mass is 9.97. The fraction of sp³-hybridized carbons (Fsp3) is 0.429. The fourth-order valence-corrected chi connectivity index (χ4v) is 5.16. The highest BCUT2D eigenvalue weighted by Gasteiger charge is 2.37. The van der Waals surface area contributed by atoms with E-state index < -0.39 is 6.09 Å². The van der Waals surface area contributed by atoms with Gasteiger partial charge in [0, 0.05) is 50.1 Å². The van der Waals surface area contributed by atoms with E-state index in [0.29, 0.717) is 41.7 Å². The molecule has 3 aromatic heterocycles. The van der Waals surface area contributed by atoms with E-state index in [1.54, 1.807) is 40.6 Å². The van der Waals surface area contributed by atoms with Crippen LogP contribution in [0, 0.1) is 6.92 Å². The zero-order valence-corrected chi connectivity index (χ0v) is 22.4. The minimum absolute atomic E-state index is 0.00881. The topological polar surface area (TPSA) is 105 Å². The number of fused-ring (bicyclic) bond motifs is 1. The largest absolute Gasteiger partial charge is 0.450 e. The number of anilines is 1. The molecule has 1 fully saturated rings. The zero-order valence-electron chi connectivity index (χ0n) is 22.4. The number of carbonyl (C=O) groups is 2. The van der Waals surface area contributed by atoms with Crippen LogP contribution in [0.25, 0.3) is 22.1 Å². The lowest BCUT2D eigenvalue weighted by Crippen LogP contribution is -2.46. The molecule has 38 heavy (non-hydrogen) atoms. The predicted octanol–water partition coefficient (Wildman–Crippen LogP) is 5.03. The SMILES string of the molecule is CCOC(=O)N(c1c(C(=O)c2cnn(C)c2)oc2cc(C)c(-c3cnn(C)c3)cc12)C1CCOC(CC)C1. The molecule has 1 saturated heterocycles. The Morgan fingerprint density at radius 3 is 2.55 bits per heavy atom. The lowest BCUT2D eigenvalue weighted by molar-refractivity contribution is 0.00468. The third-order valence-electron chi connectivity index (χ3n) is 7.06. The molecule has 10 heteroatoms. The van der Waals surface area contributed by atoms with Crippen LogP contribution in [0.2, 0.25) is 0 Å². The van der Waals surface area contributed by atoms with Crippen LogP contribution < -0.4 is 4.90 Å². The van der Waals surface area contributed by atoms with Crippen molar-refractivity contribution in [2.75, 3.05) is 18.1 Å². The maximum Gasteiger partial charge on any atom is 0.414 e. The van der Waals surface area contributed by atoms with Gasteiger partial charge in [-0.3, -0.25) is 19.1 Å². The summed E-state index contributed by atoms with van der Waals surface area (Å²) in [6.45, 7) is 6.54. The summed E-state index contributed by atoms with van der Waals surface area (Å²) in [7, 11) is 3.61. The number of amides is 1. The second-order valence-corrected chi connectivity index (χ2v) is 9.73. The maximum absolute atomic E-state index is 13.8. The highest BCUT2D eigenvalue weighted by atomic mass is 16.6. The lowest BCUT2D eigenvalue weighted by Gasteiger charge is -2.36. The number of nitrogens with zero attached hydrogens (tertiary/aromatic N) is 5. The zero-order chi connectivity index (χ0) is 27.0. The Morgan fingerprint density at radius 2 is 1.89 bits per heavy atom. The first-order chi connectivity index (χ1) is 18.3. The number of hydrogen-bond donors (Lipinski definition) is 0. The molecule has 0 bridgehead atoms. The fourth-order valence-electron chi connectivity index (χ4n) is 5.16. The number of carbonyl (C=O) groups excluding carboxylic acids is 2. The van der Waals surface area contributed by atoms with Gasteiger partial charge >= 0.3 is 6.09 Å². The first-order valence-corrected chi connectivity index (χ1v) is 13.0. The van der Waals surface area contributed by atoms with Crippen molar-refractivity contribution in [3.8, 4) is 11.1 Å². The molecule has 5 rings (SSSR count). The summed E-state index contributed by atoms with van der Waals surface area (Å²) in [5.41, 5.74) is 4.14. The second-order valence-electron chi connectivity index (χ2n) is 9.73. The number of benzene rings is 1. The van der Waals surface area contributed by atoms with Crippen molar-refractivity contribution in [1.82, 2.24) is 19.6 Å². The number of aromatic nitrogens is 4. The van der Waals surface area contributed by atoms with Crippen molar-refractivity contribution in [3.05, 3.63) is 53.8 Å². The molecule has 2 unspecified atom stereocenters. The number of ketones is 1. The molecule has 0 saturated carbocycles. The van der Waals surface area contributed by atoms with Crippen LogP contribution in [0.4, 0.5) is 10.5 Å². The van der Waals surface area contributed by atoms with Gasteiger partial charge in [-0.2, -0.15) is 10.2 Å². The summed E-state index contributed by atoms with van der Waals surface area (Å²) >= 11 is 0. The van der Waals surface area contributed by atoms with Gasteiger partial charge in [-0.25, -0.2) is 4.79 Å². The Hall–Kier alpha value is -3.92. The van der Waals surface area contributed by atoms with Crippen LogP contribution >= 0.6 is 0 Å². The van der Waals surface area contributed by atoms with Crippen LogP contribution in [0.5, 0.6) is 0 Å². The van der Waals surface area contributed by atoms with Gasteiger partial charge in [-0.15, -0.1) is 0 Å². The minimum atomic E-state index is -0.513. The molecule has 1 aliphatic rings. The molecular weight excluding hydrogens is 486 g/mol. The van der Waals surface area contributed by atoms with Crippen LogP contribution in [0.1, 0.15) is 54.8 Å². The monoisotopic (exact) mass is 519 g/mol. The molecule has 10 nitrogen and oxygen atoms in total. The molecule has 1 aromatic carbocycles. The number of rotatable bonds is 7. The van der Waals surface area contributed by atoms with E-state index in [9.17, 15) is 9.59 Å². The van der Waals surface area contributed by atoms with Crippen LogP contribution in [-0.2, 0) is 23.6 Å². The van der Waals surface area contributed by atoms with Crippen molar-refractivity contribution in [3.63, 3.8) is 0 Å². The Bertz CT molecular complexity index is 1480. The first kappa shape index (κ1) is 25.7. The molecule has 2 atom stereocenters. The molecule has 0 N–H and O–H groups in total. The maximum atomic E-state index is 13.8. The Kier molecular flexibility index (Phi) is 7.07. The predicted molar refractivity (Wildman–Crippen MR) is 142 cm³/mol. The molecule has 0 spiro atoms. The molecule has 1 aliphatic heterocycles. The Labute approximate surface area is 221 Å². The standard InChI is InChI=1S/C28H33N5O5/c1-6-21-11-20(8-9-37-21)33(28(35)36-7-2)25-23-12-22(18-13-29-31(4)15-18)17(3)10-24(23)38-27(25)26(34)19-14-30-32(5)16-19/h10,12-16,20-21H,6-9,11H2,1-5H3. The summed E-state index contributed by atoms with van der Waals surface area (Å²) in [5, 5.41) is 9.14. The van der Waals surface area contributed by atoms with Crippen molar-refractivity contribution in [2.24, 2.45) is 14.1 Å². The smallest absolute Gasteiger partial charge is 0.414 e. The molecule has 4 heterocycles. The average Bonchev–Trinajstić information content (AvgIpc) is 3.62. The number of furan rings is 1. The van der Waals surface area contributed by atoms with E-state index in [4.69, 9.17) is 13.9 Å². The Morgan fingerprint density at radius 1 is 1.13 bits per heavy atom. The first-order valence-electron chi connectivity index (χ1n) is 13.0. The van der Waals surface area contributed by atoms with Crippen molar-refractivity contribution < 1.29 is 23.5 Å². The Balaban J connectivity index is 1.75. The van der Waals surface area contributed by atoms with Crippen molar-refractivity contribution in [1.29, 1.82) is 0 Å². The summed E-state index contributed by atoms with van der Waals surface area (Å²) in [5.74, 6) is -0.262. The summed E-state index contributed by atoms with van der Waals surface area (Å²) < 4.78 is 21.0. The van der Waals surface area contributed by atoms with Crippen LogP contribution in [-0.4, -0.2) is 56.8 Å². The summed E-state index contributed by atoms with van der Waals surface area (Å²) in [6, 6.07) is 3.66. The van der Waals surface area contributed by atoms with Gasteiger partial charge in [-0.05, 0) is 56.4 Å². The van der Waals surface area contributed by atoms with Gasteiger partial charge < -0.3 is 13.9 Å². The number of ether oxygens (including phenoxy) is 2. The number of aryl methyl sites for hydroxylation is 3.